The van der Waals surface area contributed by atoms with Gasteiger partial charge in [-0.2, -0.15) is 0 Å². The summed E-state index contributed by atoms with van der Waals surface area (Å²) in [6, 6.07) is 16.7. The van der Waals surface area contributed by atoms with Crippen molar-refractivity contribution in [2.75, 3.05) is 44.6 Å². The largest absolute Gasteiger partial charge is 0.359 e. The summed E-state index contributed by atoms with van der Waals surface area (Å²) in [6.07, 6.45) is 7.10. The second kappa shape index (κ2) is 13.9. The van der Waals surface area contributed by atoms with Gasteiger partial charge in [0, 0.05) is 56.0 Å². The van der Waals surface area contributed by atoms with E-state index in [1.165, 1.54) is 5.56 Å². The standard InChI is InChI=1S/C38H48ClN5O4/c1-25-8-6-11-30(26(25)2)41-36(46)34-38-17-16-31(48-38)32(35(45)40-29-14-12-28(39)13-15-29)33(38)37(47)44(34)19-7-18-42-20-22-43(23-21-42)24-27-9-4-3-5-10-27/h3-5,9-10,12-17,25-26,30-34H,6-8,11,18-24H2,1-2H3,(H,40,45)(H,41,46)/t25-,26+,30+,31+,32+,33+,34+,38+/m1/s1. The van der Waals surface area contributed by atoms with Crippen LogP contribution >= 0.6 is 11.6 Å². The molecule has 2 aromatic rings. The Hall–Kier alpha value is -3.24. The number of nitrogens with zero attached hydrogens (tertiary/aromatic N) is 3. The van der Waals surface area contributed by atoms with Crippen molar-refractivity contribution in [3.8, 4) is 0 Å². The van der Waals surface area contributed by atoms with Crippen LogP contribution in [0.5, 0.6) is 0 Å². The Balaban J connectivity index is 1.05. The van der Waals surface area contributed by atoms with E-state index >= 15 is 0 Å². The van der Waals surface area contributed by atoms with E-state index < -0.39 is 29.6 Å². The van der Waals surface area contributed by atoms with Crippen molar-refractivity contribution in [2.24, 2.45) is 23.7 Å². The van der Waals surface area contributed by atoms with Gasteiger partial charge in [0.25, 0.3) is 0 Å². The van der Waals surface area contributed by atoms with E-state index in [1.54, 1.807) is 29.2 Å². The van der Waals surface area contributed by atoms with Crippen LogP contribution in [0.3, 0.4) is 0 Å². The quantitative estimate of drug-likeness (QED) is 0.359. The summed E-state index contributed by atoms with van der Waals surface area (Å²) in [6.45, 7) is 10.6. The Morgan fingerprint density at radius 3 is 2.42 bits per heavy atom. The molecule has 1 aliphatic carbocycles. The molecule has 256 valence electrons. The van der Waals surface area contributed by atoms with Crippen LogP contribution in [0.2, 0.25) is 5.02 Å². The fraction of sp³-hybridized carbons (Fsp3) is 0.553. The number of rotatable bonds is 10. The SMILES string of the molecule is C[C@H]1[C@H](C)CCC[C@@H]1NC(=O)[C@@H]1N(CCCN2CCN(Cc3ccccc3)CC2)C(=O)[C@@H]2[C@@H](C(=O)Nc3ccc(Cl)cc3)[C@@H]3C=C[C@]21O3. The zero-order valence-corrected chi connectivity index (χ0v) is 28.8. The number of benzene rings is 2. The zero-order valence-electron chi connectivity index (χ0n) is 28.0. The third-order valence-electron chi connectivity index (χ3n) is 11.7. The van der Waals surface area contributed by atoms with Gasteiger partial charge < -0.3 is 25.2 Å². The molecule has 2 aromatic carbocycles. The third-order valence-corrected chi connectivity index (χ3v) is 11.9. The van der Waals surface area contributed by atoms with E-state index in [2.05, 4.69) is 58.5 Å². The van der Waals surface area contributed by atoms with Gasteiger partial charge in [-0.25, -0.2) is 0 Å². The fourth-order valence-corrected chi connectivity index (χ4v) is 8.92. The van der Waals surface area contributed by atoms with Gasteiger partial charge in [-0.1, -0.05) is 80.8 Å². The number of piperazine rings is 1. The minimum absolute atomic E-state index is 0.0485. The average molecular weight is 674 g/mol. The minimum Gasteiger partial charge on any atom is -0.359 e. The molecule has 2 bridgehead atoms. The van der Waals surface area contributed by atoms with Crippen LogP contribution in [0.25, 0.3) is 0 Å². The predicted octanol–water partition coefficient (Wildman–Crippen LogP) is 4.58. The first-order chi connectivity index (χ1) is 23.2. The Bertz CT molecular complexity index is 1510. The summed E-state index contributed by atoms with van der Waals surface area (Å²) in [5.74, 6) is -1.26. The number of carbonyl (C=O) groups is 3. The number of fused-ring (bicyclic) bond motifs is 1. The first-order valence-corrected chi connectivity index (χ1v) is 18.1. The maximum absolute atomic E-state index is 14.4. The lowest BCUT2D eigenvalue weighted by Gasteiger charge is -2.38. The van der Waals surface area contributed by atoms with Crippen molar-refractivity contribution >= 4 is 35.0 Å². The molecule has 8 atom stereocenters. The van der Waals surface area contributed by atoms with Gasteiger partial charge in [-0.15, -0.1) is 0 Å². The zero-order chi connectivity index (χ0) is 33.4. The number of anilines is 1. The van der Waals surface area contributed by atoms with E-state index in [-0.39, 0.29) is 23.8 Å². The fourth-order valence-electron chi connectivity index (χ4n) is 8.79. The molecule has 2 N–H and O–H groups in total. The van der Waals surface area contributed by atoms with E-state index in [9.17, 15) is 14.4 Å². The molecule has 0 unspecified atom stereocenters. The second-order valence-electron chi connectivity index (χ2n) is 14.6. The topological polar surface area (TPSA) is 94.2 Å². The number of halogens is 1. The van der Waals surface area contributed by atoms with Gasteiger partial charge in [0.2, 0.25) is 17.7 Å². The summed E-state index contributed by atoms with van der Waals surface area (Å²) >= 11 is 6.06. The number of hydrogen-bond acceptors (Lipinski definition) is 6. The summed E-state index contributed by atoms with van der Waals surface area (Å²) in [5, 5.41) is 6.91. The van der Waals surface area contributed by atoms with E-state index in [0.717, 1.165) is 65.0 Å². The molecule has 1 saturated carbocycles. The van der Waals surface area contributed by atoms with Crippen molar-refractivity contribution in [1.29, 1.82) is 0 Å². The molecule has 9 nitrogen and oxygen atoms in total. The Kier molecular flexibility index (Phi) is 9.66. The van der Waals surface area contributed by atoms with Gasteiger partial charge in [0.15, 0.2) is 0 Å². The maximum atomic E-state index is 14.4. The number of likely N-dealkylation sites (tertiary alicyclic amines) is 1. The second-order valence-corrected chi connectivity index (χ2v) is 15.0. The number of ether oxygens (including phenoxy) is 1. The molecule has 0 aromatic heterocycles. The van der Waals surface area contributed by atoms with Crippen molar-refractivity contribution in [3.05, 3.63) is 77.3 Å². The number of nitrogens with one attached hydrogen (secondary N) is 2. The summed E-state index contributed by atoms with van der Waals surface area (Å²) in [5.41, 5.74) is 0.766. The molecular weight excluding hydrogens is 626 g/mol. The van der Waals surface area contributed by atoms with Crippen LogP contribution in [0, 0.1) is 23.7 Å². The molecule has 3 amide bonds. The predicted molar refractivity (Wildman–Crippen MR) is 186 cm³/mol. The van der Waals surface area contributed by atoms with E-state index in [1.807, 2.05) is 18.2 Å². The average Bonchev–Trinajstić information content (AvgIpc) is 3.73. The summed E-state index contributed by atoms with van der Waals surface area (Å²) in [7, 11) is 0. The molecule has 10 heteroatoms. The highest BCUT2D eigenvalue weighted by atomic mass is 35.5. The van der Waals surface area contributed by atoms with Crippen molar-refractivity contribution < 1.29 is 19.1 Å². The summed E-state index contributed by atoms with van der Waals surface area (Å²) < 4.78 is 6.57. The molecule has 4 fully saturated rings. The lowest BCUT2D eigenvalue weighted by Crippen LogP contribution is -2.58. The smallest absolute Gasteiger partial charge is 0.246 e. The van der Waals surface area contributed by atoms with E-state index in [4.69, 9.17) is 16.3 Å². The van der Waals surface area contributed by atoms with E-state index in [0.29, 0.717) is 29.1 Å². The van der Waals surface area contributed by atoms with Gasteiger partial charge in [0.05, 0.1) is 17.9 Å². The van der Waals surface area contributed by atoms with Gasteiger partial charge in [-0.05, 0) is 61.1 Å². The Morgan fingerprint density at radius 2 is 1.67 bits per heavy atom. The number of carbonyl (C=O) groups excluding carboxylic acids is 3. The highest BCUT2D eigenvalue weighted by Crippen LogP contribution is 2.55. The monoisotopic (exact) mass is 673 g/mol. The maximum Gasteiger partial charge on any atom is 0.246 e. The molecule has 1 spiro atoms. The van der Waals surface area contributed by atoms with Crippen LogP contribution in [0.1, 0.15) is 45.1 Å². The first kappa shape index (κ1) is 33.3. The molecule has 4 aliphatic heterocycles. The minimum atomic E-state index is -1.17. The van der Waals surface area contributed by atoms with Crippen LogP contribution < -0.4 is 10.6 Å². The lowest BCUT2D eigenvalue weighted by atomic mass is 9.73. The van der Waals surface area contributed by atoms with Gasteiger partial charge in [0.1, 0.15) is 11.6 Å². The number of hydrogen-bond donors (Lipinski definition) is 2. The Labute approximate surface area is 289 Å². The molecule has 3 saturated heterocycles. The summed E-state index contributed by atoms with van der Waals surface area (Å²) in [4.78, 5) is 49.2. The van der Waals surface area contributed by atoms with Gasteiger partial charge in [-0.3, -0.25) is 19.3 Å². The van der Waals surface area contributed by atoms with Crippen LogP contribution in [-0.2, 0) is 25.7 Å². The molecule has 0 radical (unpaired) electrons. The highest BCUT2D eigenvalue weighted by Gasteiger charge is 2.72. The highest BCUT2D eigenvalue weighted by molar-refractivity contribution is 6.30. The van der Waals surface area contributed by atoms with Crippen molar-refractivity contribution in [1.82, 2.24) is 20.0 Å². The van der Waals surface area contributed by atoms with Crippen molar-refractivity contribution in [2.45, 2.75) is 69.9 Å². The number of amides is 3. The molecule has 7 rings (SSSR count). The van der Waals surface area contributed by atoms with Gasteiger partial charge >= 0.3 is 0 Å². The van der Waals surface area contributed by atoms with Crippen molar-refractivity contribution in [3.63, 3.8) is 0 Å². The lowest BCUT2D eigenvalue weighted by molar-refractivity contribution is -0.141. The van der Waals surface area contributed by atoms with Crippen LogP contribution in [0.15, 0.2) is 66.7 Å². The molecular formula is C38H48ClN5O4. The molecule has 4 heterocycles. The molecule has 48 heavy (non-hydrogen) atoms. The van der Waals surface area contributed by atoms with Crippen LogP contribution in [-0.4, -0.2) is 95.5 Å². The van der Waals surface area contributed by atoms with Crippen LogP contribution in [0.4, 0.5) is 5.69 Å². The third kappa shape index (κ3) is 6.42. The Morgan fingerprint density at radius 1 is 0.938 bits per heavy atom. The normalized spacial score (nSPS) is 33.2. The molecule has 5 aliphatic rings. The first-order valence-electron chi connectivity index (χ1n) is 17.8.